The van der Waals surface area contributed by atoms with Crippen LogP contribution in [0.5, 0.6) is 0 Å². The lowest BCUT2D eigenvalue weighted by Crippen LogP contribution is -1.81. The molecule has 0 fully saturated rings. The molecule has 2 rings (SSSR count). The number of nitrogens with one attached hydrogen (secondary N) is 1. The summed E-state index contributed by atoms with van der Waals surface area (Å²) < 4.78 is 5.01. The van der Waals surface area contributed by atoms with Gasteiger partial charge in [0.05, 0.1) is 0 Å². The van der Waals surface area contributed by atoms with Gasteiger partial charge in [0.25, 0.3) is 5.89 Å². The number of rotatable bonds is 1. The Bertz CT molecular complexity index is 376. The first-order chi connectivity index (χ1) is 5.79. The number of aromatic amines is 1. The average Bonchev–Trinajstić information content (AvgIpc) is 2.64. The Morgan fingerprint density at radius 3 is 2.75 bits per heavy atom. The van der Waals surface area contributed by atoms with Gasteiger partial charge in [-0.25, -0.2) is 0 Å². The van der Waals surface area contributed by atoms with Gasteiger partial charge in [-0.2, -0.15) is 5.10 Å². The van der Waals surface area contributed by atoms with Crippen LogP contribution >= 0.6 is 0 Å². The Morgan fingerprint density at radius 1 is 1.42 bits per heavy atom. The zero-order valence-electron chi connectivity index (χ0n) is 6.83. The number of nitrogens with zero attached hydrogens (tertiary/aromatic N) is 3. The maximum atomic E-state index is 5.01. The summed E-state index contributed by atoms with van der Waals surface area (Å²) in [6.07, 6.45) is 1.29. The molecule has 0 saturated carbocycles. The fourth-order valence-electron chi connectivity index (χ4n) is 0.970. The molecule has 0 spiro atoms. The van der Waals surface area contributed by atoms with Crippen LogP contribution in [0.4, 0.5) is 0 Å². The highest BCUT2D eigenvalue weighted by Gasteiger charge is 2.11. The molecule has 1 N–H and O–H groups in total. The second kappa shape index (κ2) is 2.44. The van der Waals surface area contributed by atoms with Crippen molar-refractivity contribution < 1.29 is 4.42 Å². The highest BCUT2D eigenvalue weighted by atomic mass is 16.4. The highest BCUT2D eigenvalue weighted by Crippen LogP contribution is 2.19. The predicted molar refractivity (Wildman–Crippen MR) is 41.4 cm³/mol. The van der Waals surface area contributed by atoms with Crippen LogP contribution in [0.3, 0.4) is 0 Å². The van der Waals surface area contributed by atoms with Gasteiger partial charge in [0, 0.05) is 11.3 Å². The predicted octanol–water partition coefficient (Wildman–Crippen LogP) is 1.08. The van der Waals surface area contributed by atoms with Gasteiger partial charge in [-0.1, -0.05) is 0 Å². The minimum Gasteiger partial charge on any atom is -0.422 e. The van der Waals surface area contributed by atoms with E-state index in [1.165, 1.54) is 6.39 Å². The fraction of sp³-hybridized carbons (Fsp3) is 0.286. The van der Waals surface area contributed by atoms with E-state index in [1.807, 2.05) is 13.8 Å². The van der Waals surface area contributed by atoms with Gasteiger partial charge in [-0.15, -0.1) is 10.2 Å². The molecule has 2 aromatic rings. The second-order valence-corrected chi connectivity index (χ2v) is 2.57. The van der Waals surface area contributed by atoms with Gasteiger partial charge >= 0.3 is 0 Å². The highest BCUT2D eigenvalue weighted by molar-refractivity contribution is 5.52. The molecule has 0 amide bonds. The summed E-state index contributed by atoms with van der Waals surface area (Å²) in [5, 5.41) is 14.2. The number of hydrogen-bond acceptors (Lipinski definition) is 4. The third-order valence-corrected chi connectivity index (χ3v) is 1.82. The van der Waals surface area contributed by atoms with E-state index in [9.17, 15) is 0 Å². The Kier molecular flexibility index (Phi) is 1.43. The first-order valence-corrected chi connectivity index (χ1v) is 3.57. The largest absolute Gasteiger partial charge is 0.422 e. The van der Waals surface area contributed by atoms with Crippen molar-refractivity contribution in [2.24, 2.45) is 0 Å². The molecule has 62 valence electrons. The fourth-order valence-corrected chi connectivity index (χ4v) is 0.970. The number of hydrogen-bond donors (Lipinski definition) is 1. The number of H-pyrrole nitrogens is 1. The zero-order valence-corrected chi connectivity index (χ0v) is 6.83. The van der Waals surface area contributed by atoms with Crippen LogP contribution in [-0.2, 0) is 0 Å². The summed E-state index contributed by atoms with van der Waals surface area (Å²) in [7, 11) is 0. The number of aryl methyl sites for hydroxylation is 1. The molecule has 5 heteroatoms. The van der Waals surface area contributed by atoms with Gasteiger partial charge < -0.3 is 4.42 Å². The van der Waals surface area contributed by atoms with E-state index in [0.717, 1.165) is 17.0 Å². The zero-order chi connectivity index (χ0) is 8.55. The van der Waals surface area contributed by atoms with Crippen LogP contribution in [0.25, 0.3) is 11.6 Å². The summed E-state index contributed by atoms with van der Waals surface area (Å²) in [6, 6.07) is 0. The Labute approximate surface area is 68.8 Å². The van der Waals surface area contributed by atoms with Gasteiger partial charge in [-0.3, -0.25) is 5.10 Å². The van der Waals surface area contributed by atoms with E-state index < -0.39 is 0 Å². The summed E-state index contributed by atoms with van der Waals surface area (Å²) >= 11 is 0. The van der Waals surface area contributed by atoms with E-state index in [-0.39, 0.29) is 0 Å². The molecule has 0 bridgehead atoms. The molecule has 0 saturated heterocycles. The average molecular weight is 164 g/mol. The molecule has 0 unspecified atom stereocenters. The third-order valence-electron chi connectivity index (χ3n) is 1.82. The molecule has 0 radical (unpaired) electrons. The third kappa shape index (κ3) is 0.903. The maximum Gasteiger partial charge on any atom is 0.268 e. The topological polar surface area (TPSA) is 67.6 Å². The van der Waals surface area contributed by atoms with Crippen molar-refractivity contribution in [3.63, 3.8) is 0 Å². The molecule has 12 heavy (non-hydrogen) atoms. The van der Waals surface area contributed by atoms with Crippen molar-refractivity contribution in [2.45, 2.75) is 13.8 Å². The van der Waals surface area contributed by atoms with Gasteiger partial charge in [0.1, 0.15) is 0 Å². The van der Waals surface area contributed by atoms with Crippen LogP contribution in [0.2, 0.25) is 0 Å². The molecule has 0 atom stereocenters. The Balaban J connectivity index is 2.55. The molecular formula is C7H8N4O. The smallest absolute Gasteiger partial charge is 0.268 e. The van der Waals surface area contributed by atoms with E-state index in [2.05, 4.69) is 20.4 Å². The van der Waals surface area contributed by atoms with Crippen LogP contribution in [0.15, 0.2) is 10.8 Å². The van der Waals surface area contributed by atoms with E-state index in [4.69, 9.17) is 4.42 Å². The van der Waals surface area contributed by atoms with Crippen molar-refractivity contribution >= 4 is 0 Å². The quantitative estimate of drug-likeness (QED) is 0.684. The summed E-state index contributed by atoms with van der Waals surface area (Å²) in [6.45, 7) is 3.90. The first kappa shape index (κ1) is 7.02. The van der Waals surface area contributed by atoms with Gasteiger partial charge in [-0.05, 0) is 13.8 Å². The van der Waals surface area contributed by atoms with Crippen LogP contribution < -0.4 is 0 Å². The van der Waals surface area contributed by atoms with Crippen LogP contribution in [0.1, 0.15) is 11.3 Å². The molecule has 5 nitrogen and oxygen atoms in total. The molecule has 2 heterocycles. The van der Waals surface area contributed by atoms with Crippen molar-refractivity contribution in [2.75, 3.05) is 0 Å². The molecule has 0 aliphatic rings. The van der Waals surface area contributed by atoms with Crippen molar-refractivity contribution in [1.82, 2.24) is 20.4 Å². The van der Waals surface area contributed by atoms with E-state index >= 15 is 0 Å². The standard InChI is InChI=1S/C7H8N4O/c1-4-5(2)9-10-6(4)7-11-8-3-12-7/h3H,1-2H3,(H,9,10). The lowest BCUT2D eigenvalue weighted by Gasteiger charge is -1.88. The SMILES string of the molecule is Cc1[nH]nc(-c2nnco2)c1C. The normalized spacial score (nSPS) is 10.5. The summed E-state index contributed by atoms with van der Waals surface area (Å²) in [4.78, 5) is 0. The first-order valence-electron chi connectivity index (χ1n) is 3.57. The Morgan fingerprint density at radius 2 is 2.25 bits per heavy atom. The van der Waals surface area contributed by atoms with E-state index in [0.29, 0.717) is 5.89 Å². The Hall–Kier alpha value is -1.65. The van der Waals surface area contributed by atoms with Crippen molar-refractivity contribution in [3.8, 4) is 11.6 Å². The molecular weight excluding hydrogens is 156 g/mol. The lowest BCUT2D eigenvalue weighted by molar-refractivity contribution is 0.566. The molecule has 0 aliphatic heterocycles. The van der Waals surface area contributed by atoms with Crippen molar-refractivity contribution in [3.05, 3.63) is 17.7 Å². The summed E-state index contributed by atoms with van der Waals surface area (Å²) in [5.41, 5.74) is 2.78. The van der Waals surface area contributed by atoms with Crippen LogP contribution in [-0.4, -0.2) is 20.4 Å². The lowest BCUT2D eigenvalue weighted by atomic mass is 10.2. The van der Waals surface area contributed by atoms with Gasteiger partial charge in [0.15, 0.2) is 5.69 Å². The second-order valence-electron chi connectivity index (χ2n) is 2.57. The number of aromatic nitrogens is 4. The molecule has 0 aliphatic carbocycles. The van der Waals surface area contributed by atoms with Crippen molar-refractivity contribution in [1.29, 1.82) is 0 Å². The molecule has 0 aromatic carbocycles. The minimum absolute atomic E-state index is 0.455. The van der Waals surface area contributed by atoms with Crippen LogP contribution in [0, 0.1) is 13.8 Å². The van der Waals surface area contributed by atoms with Gasteiger partial charge in [0.2, 0.25) is 6.39 Å². The van der Waals surface area contributed by atoms with E-state index in [1.54, 1.807) is 0 Å². The molecule has 2 aromatic heterocycles. The monoisotopic (exact) mass is 164 g/mol. The maximum absolute atomic E-state index is 5.01. The minimum atomic E-state index is 0.455. The summed E-state index contributed by atoms with van der Waals surface area (Å²) in [5.74, 6) is 0.455.